The number of anilines is 2. The topological polar surface area (TPSA) is 88.8 Å². The van der Waals surface area contributed by atoms with Crippen LogP contribution in [0.15, 0.2) is 24.5 Å². The second kappa shape index (κ2) is 6.29. The number of nitrogen functional groups attached to an aromatic ring is 1. The lowest BCUT2D eigenvalue weighted by Crippen LogP contribution is -2.15. The van der Waals surface area contributed by atoms with Crippen LogP contribution in [-0.4, -0.2) is 15.0 Å². The Kier molecular flexibility index (Phi) is 4.47. The fourth-order valence-corrected chi connectivity index (χ4v) is 1.79. The van der Waals surface area contributed by atoms with Crippen molar-refractivity contribution in [3.8, 4) is 0 Å². The van der Waals surface area contributed by atoms with Crippen molar-refractivity contribution in [3.05, 3.63) is 41.5 Å². The van der Waals surface area contributed by atoms with Gasteiger partial charge in [0.15, 0.2) is 0 Å². The van der Waals surface area contributed by atoms with E-state index in [1.54, 1.807) is 6.20 Å². The lowest BCUT2D eigenvalue weighted by molar-refractivity contribution is 0.772. The molecule has 0 unspecified atom stereocenters. The monoisotopic (exact) mass is 272 g/mol. The van der Waals surface area contributed by atoms with E-state index in [2.05, 4.69) is 39.5 Å². The Morgan fingerprint density at radius 1 is 1.25 bits per heavy atom. The number of nitrogens with one attached hydrogen (secondary N) is 2. The molecule has 0 amide bonds. The number of aromatic nitrogens is 3. The number of pyridine rings is 1. The highest BCUT2D eigenvalue weighted by atomic mass is 15.3. The van der Waals surface area contributed by atoms with Crippen molar-refractivity contribution in [1.82, 2.24) is 15.0 Å². The summed E-state index contributed by atoms with van der Waals surface area (Å²) in [5.41, 5.74) is 4.63. The first-order valence-electron chi connectivity index (χ1n) is 6.59. The second-order valence-electron chi connectivity index (χ2n) is 4.92. The van der Waals surface area contributed by atoms with E-state index in [0.717, 1.165) is 22.8 Å². The minimum atomic E-state index is 0.238. The molecule has 0 bridgehead atoms. The van der Waals surface area contributed by atoms with Gasteiger partial charge in [-0.1, -0.05) is 19.9 Å². The van der Waals surface area contributed by atoms with E-state index >= 15 is 0 Å². The zero-order valence-corrected chi connectivity index (χ0v) is 12.0. The number of nitrogens with two attached hydrogens (primary N) is 1. The molecular weight excluding hydrogens is 252 g/mol. The summed E-state index contributed by atoms with van der Waals surface area (Å²) in [5, 5.41) is 3.31. The van der Waals surface area contributed by atoms with E-state index in [1.165, 1.54) is 0 Å². The molecular formula is C14H20N6. The maximum absolute atomic E-state index is 5.52. The van der Waals surface area contributed by atoms with Crippen molar-refractivity contribution < 1.29 is 0 Å². The molecule has 2 heterocycles. The Bertz CT molecular complexity index is 567. The Morgan fingerprint density at radius 3 is 2.60 bits per heavy atom. The molecule has 0 fully saturated rings. The van der Waals surface area contributed by atoms with Crippen LogP contribution >= 0.6 is 0 Å². The van der Waals surface area contributed by atoms with Gasteiger partial charge in [-0.25, -0.2) is 15.8 Å². The molecule has 0 radical (unpaired) electrons. The first-order chi connectivity index (χ1) is 9.61. The molecule has 6 heteroatoms. The molecule has 0 aliphatic heterocycles. The quantitative estimate of drug-likeness (QED) is 0.571. The molecule has 0 saturated carbocycles. The van der Waals surface area contributed by atoms with Crippen molar-refractivity contribution in [1.29, 1.82) is 0 Å². The molecule has 0 saturated heterocycles. The molecule has 6 nitrogen and oxygen atoms in total. The first kappa shape index (κ1) is 14.2. The maximum Gasteiger partial charge on any atom is 0.148 e. The predicted molar refractivity (Wildman–Crippen MR) is 80.2 cm³/mol. The number of hydrazine groups is 1. The summed E-state index contributed by atoms with van der Waals surface area (Å²) in [6, 6.07) is 3.93. The fraction of sp³-hybridized carbons (Fsp3) is 0.357. The average molecular weight is 272 g/mol. The molecule has 2 aromatic rings. The van der Waals surface area contributed by atoms with Gasteiger partial charge in [0.05, 0.1) is 0 Å². The van der Waals surface area contributed by atoms with E-state index in [1.807, 2.05) is 25.3 Å². The number of hydrogen-bond donors (Lipinski definition) is 3. The maximum atomic E-state index is 5.52. The first-order valence-corrected chi connectivity index (χ1v) is 6.59. The molecule has 0 aliphatic rings. The molecule has 0 aliphatic carbocycles. The highest BCUT2D eigenvalue weighted by Crippen LogP contribution is 2.22. The number of rotatable bonds is 5. The van der Waals surface area contributed by atoms with Gasteiger partial charge in [-0.15, -0.1) is 0 Å². The van der Waals surface area contributed by atoms with E-state index in [9.17, 15) is 0 Å². The predicted octanol–water partition coefficient (Wildman–Crippen LogP) is 2.20. The van der Waals surface area contributed by atoms with Gasteiger partial charge in [0.2, 0.25) is 0 Å². The normalized spacial score (nSPS) is 10.7. The van der Waals surface area contributed by atoms with Crippen LogP contribution in [0.1, 0.15) is 36.7 Å². The van der Waals surface area contributed by atoms with Crippen LogP contribution in [0.25, 0.3) is 0 Å². The third-order valence-corrected chi connectivity index (χ3v) is 3.00. The standard InChI is InChI=1S/C14H20N6/c1-9(2)12-18-13(10(3)14(19-12)20-15)17-8-11-5-4-6-16-7-11/h4-7,9H,8,15H2,1-3H3,(H2,17,18,19,20). The van der Waals surface area contributed by atoms with Gasteiger partial charge in [0.25, 0.3) is 0 Å². The van der Waals surface area contributed by atoms with E-state index in [0.29, 0.717) is 12.4 Å². The van der Waals surface area contributed by atoms with Crippen molar-refractivity contribution in [3.63, 3.8) is 0 Å². The van der Waals surface area contributed by atoms with Crippen molar-refractivity contribution >= 4 is 11.6 Å². The van der Waals surface area contributed by atoms with Crippen LogP contribution in [0.2, 0.25) is 0 Å². The SMILES string of the molecule is Cc1c(NN)nc(C(C)C)nc1NCc1cccnc1. The van der Waals surface area contributed by atoms with E-state index in [4.69, 9.17) is 5.84 Å². The van der Waals surface area contributed by atoms with Gasteiger partial charge in [-0.3, -0.25) is 4.98 Å². The Labute approximate surface area is 118 Å². The smallest absolute Gasteiger partial charge is 0.148 e. The second-order valence-corrected chi connectivity index (χ2v) is 4.92. The van der Waals surface area contributed by atoms with Crippen molar-refractivity contribution in [2.75, 3.05) is 10.7 Å². The minimum absolute atomic E-state index is 0.238. The highest BCUT2D eigenvalue weighted by molar-refractivity contribution is 5.57. The number of hydrogen-bond acceptors (Lipinski definition) is 6. The highest BCUT2D eigenvalue weighted by Gasteiger charge is 2.12. The summed E-state index contributed by atoms with van der Waals surface area (Å²) >= 11 is 0. The van der Waals surface area contributed by atoms with Crippen LogP contribution in [0.5, 0.6) is 0 Å². The molecule has 0 atom stereocenters. The summed E-state index contributed by atoms with van der Waals surface area (Å²) in [6.07, 6.45) is 3.59. The van der Waals surface area contributed by atoms with Gasteiger partial charge in [-0.2, -0.15) is 0 Å². The summed E-state index contributed by atoms with van der Waals surface area (Å²) < 4.78 is 0. The molecule has 106 valence electrons. The summed E-state index contributed by atoms with van der Waals surface area (Å²) in [5.74, 6) is 7.96. The van der Waals surface area contributed by atoms with Crippen LogP contribution in [0.4, 0.5) is 11.6 Å². The minimum Gasteiger partial charge on any atom is -0.366 e. The summed E-state index contributed by atoms with van der Waals surface area (Å²) in [7, 11) is 0. The van der Waals surface area contributed by atoms with E-state index in [-0.39, 0.29) is 5.92 Å². The lowest BCUT2D eigenvalue weighted by Gasteiger charge is -2.15. The zero-order valence-electron chi connectivity index (χ0n) is 12.0. The lowest BCUT2D eigenvalue weighted by atomic mass is 10.2. The molecule has 2 aromatic heterocycles. The number of nitrogens with zero attached hydrogens (tertiary/aromatic N) is 3. The fourth-order valence-electron chi connectivity index (χ4n) is 1.79. The van der Waals surface area contributed by atoms with Crippen molar-refractivity contribution in [2.24, 2.45) is 5.84 Å². The largest absolute Gasteiger partial charge is 0.366 e. The Morgan fingerprint density at radius 2 is 2.00 bits per heavy atom. The third-order valence-electron chi connectivity index (χ3n) is 3.00. The summed E-state index contributed by atoms with van der Waals surface area (Å²) in [6.45, 7) is 6.70. The van der Waals surface area contributed by atoms with Crippen LogP contribution in [-0.2, 0) is 6.54 Å². The van der Waals surface area contributed by atoms with Gasteiger partial charge in [0.1, 0.15) is 17.5 Å². The molecule has 4 N–H and O–H groups in total. The average Bonchev–Trinajstić information content (AvgIpc) is 2.47. The van der Waals surface area contributed by atoms with Crippen LogP contribution in [0.3, 0.4) is 0 Å². The van der Waals surface area contributed by atoms with Crippen LogP contribution in [0, 0.1) is 6.92 Å². The van der Waals surface area contributed by atoms with Gasteiger partial charge >= 0.3 is 0 Å². The third kappa shape index (κ3) is 3.21. The Balaban J connectivity index is 2.24. The van der Waals surface area contributed by atoms with E-state index < -0.39 is 0 Å². The van der Waals surface area contributed by atoms with Crippen molar-refractivity contribution in [2.45, 2.75) is 33.2 Å². The van der Waals surface area contributed by atoms with Gasteiger partial charge in [0, 0.05) is 30.4 Å². The zero-order chi connectivity index (χ0) is 14.5. The molecule has 0 aromatic carbocycles. The van der Waals surface area contributed by atoms with Gasteiger partial charge < -0.3 is 10.7 Å². The van der Waals surface area contributed by atoms with Gasteiger partial charge in [-0.05, 0) is 18.6 Å². The summed E-state index contributed by atoms with van der Waals surface area (Å²) in [4.78, 5) is 13.1. The molecule has 0 spiro atoms. The molecule has 2 rings (SSSR count). The Hall–Kier alpha value is -2.21. The van der Waals surface area contributed by atoms with Crippen LogP contribution < -0.4 is 16.6 Å². The molecule has 20 heavy (non-hydrogen) atoms.